The highest BCUT2D eigenvalue weighted by Crippen LogP contribution is 2.16. The lowest BCUT2D eigenvalue weighted by Crippen LogP contribution is -2.24. The predicted molar refractivity (Wildman–Crippen MR) is 77.7 cm³/mol. The number of amides is 1. The maximum absolute atomic E-state index is 11.5. The van der Waals surface area contributed by atoms with Crippen molar-refractivity contribution in [1.29, 1.82) is 0 Å². The minimum absolute atomic E-state index is 0.124. The normalized spacial score (nSPS) is 10.6. The fourth-order valence-corrected chi connectivity index (χ4v) is 1.54. The maximum Gasteiger partial charge on any atom is 0.277 e. The van der Waals surface area contributed by atoms with Crippen LogP contribution in [0.2, 0.25) is 0 Å². The van der Waals surface area contributed by atoms with E-state index < -0.39 is 0 Å². The van der Waals surface area contributed by atoms with Crippen molar-refractivity contribution < 1.29 is 18.7 Å². The van der Waals surface area contributed by atoms with Crippen molar-refractivity contribution >= 4 is 12.1 Å². The van der Waals surface area contributed by atoms with Crippen molar-refractivity contribution in [2.75, 3.05) is 13.7 Å². The number of hydrogen-bond acceptors (Lipinski definition) is 5. The Bertz CT molecular complexity index is 617. The Labute approximate surface area is 122 Å². The van der Waals surface area contributed by atoms with Crippen molar-refractivity contribution in [3.63, 3.8) is 0 Å². The van der Waals surface area contributed by atoms with E-state index in [0.29, 0.717) is 11.5 Å². The van der Waals surface area contributed by atoms with Crippen molar-refractivity contribution in [2.24, 2.45) is 5.10 Å². The van der Waals surface area contributed by atoms with Crippen LogP contribution in [0, 0.1) is 6.92 Å². The van der Waals surface area contributed by atoms with Crippen LogP contribution in [-0.2, 0) is 4.79 Å². The van der Waals surface area contributed by atoms with E-state index in [0.717, 1.165) is 11.5 Å². The van der Waals surface area contributed by atoms with Gasteiger partial charge in [-0.15, -0.1) is 0 Å². The van der Waals surface area contributed by atoms with Crippen LogP contribution in [0.15, 0.2) is 45.9 Å². The van der Waals surface area contributed by atoms with E-state index >= 15 is 0 Å². The molecule has 0 aliphatic rings. The quantitative estimate of drug-likeness (QED) is 0.653. The Morgan fingerprint density at radius 2 is 1.95 bits per heavy atom. The molecule has 0 aliphatic heterocycles. The third kappa shape index (κ3) is 4.68. The fraction of sp³-hybridized carbons (Fsp3) is 0.200. The molecule has 1 N–H and O–H groups in total. The van der Waals surface area contributed by atoms with Gasteiger partial charge in [-0.1, -0.05) is 0 Å². The molecule has 0 spiro atoms. The van der Waals surface area contributed by atoms with Gasteiger partial charge in [-0.25, -0.2) is 5.43 Å². The van der Waals surface area contributed by atoms with E-state index in [1.165, 1.54) is 6.21 Å². The topological polar surface area (TPSA) is 73.1 Å². The number of benzene rings is 1. The molecule has 0 unspecified atom stereocenters. The summed E-state index contributed by atoms with van der Waals surface area (Å²) in [5.74, 6) is 2.31. The van der Waals surface area contributed by atoms with Gasteiger partial charge in [0.15, 0.2) is 6.61 Å². The third-order valence-electron chi connectivity index (χ3n) is 2.57. The summed E-state index contributed by atoms with van der Waals surface area (Å²) in [7, 11) is 1.59. The molecular formula is C15H16N2O4. The first-order valence-electron chi connectivity index (χ1n) is 6.32. The van der Waals surface area contributed by atoms with Gasteiger partial charge in [-0.2, -0.15) is 5.10 Å². The lowest BCUT2D eigenvalue weighted by Gasteiger charge is -2.05. The Balaban J connectivity index is 1.75. The summed E-state index contributed by atoms with van der Waals surface area (Å²) in [4.78, 5) is 11.5. The summed E-state index contributed by atoms with van der Waals surface area (Å²) in [5, 5.41) is 3.78. The first-order chi connectivity index (χ1) is 10.2. The molecule has 6 nitrogen and oxygen atoms in total. The first kappa shape index (κ1) is 14.6. The van der Waals surface area contributed by atoms with Crippen LogP contribution in [0.25, 0.3) is 0 Å². The molecule has 0 fully saturated rings. The molecule has 6 heteroatoms. The van der Waals surface area contributed by atoms with Crippen molar-refractivity contribution in [1.82, 2.24) is 5.43 Å². The Kier molecular flexibility index (Phi) is 4.98. The second-order valence-electron chi connectivity index (χ2n) is 4.21. The molecule has 1 heterocycles. The fourth-order valence-electron chi connectivity index (χ4n) is 1.54. The van der Waals surface area contributed by atoms with Crippen molar-refractivity contribution in [2.45, 2.75) is 6.92 Å². The minimum atomic E-state index is -0.356. The largest absolute Gasteiger partial charge is 0.497 e. The number of nitrogens with one attached hydrogen (secondary N) is 1. The second-order valence-corrected chi connectivity index (χ2v) is 4.21. The van der Waals surface area contributed by atoms with Crippen LogP contribution in [0.5, 0.6) is 11.5 Å². The van der Waals surface area contributed by atoms with E-state index in [-0.39, 0.29) is 12.5 Å². The summed E-state index contributed by atoms with van der Waals surface area (Å²) in [6, 6.07) is 10.5. The Hall–Kier alpha value is -2.76. The lowest BCUT2D eigenvalue weighted by atomic mass is 10.3. The van der Waals surface area contributed by atoms with Gasteiger partial charge >= 0.3 is 0 Å². The molecule has 110 valence electrons. The number of carbonyl (C=O) groups excluding carboxylic acids is 1. The van der Waals surface area contributed by atoms with Gasteiger partial charge in [-0.05, 0) is 43.3 Å². The molecule has 0 radical (unpaired) electrons. The number of hydrogen-bond donors (Lipinski definition) is 1. The number of hydrazone groups is 1. The summed E-state index contributed by atoms with van der Waals surface area (Å²) in [6.07, 6.45) is 1.43. The second kappa shape index (κ2) is 7.14. The number of furan rings is 1. The van der Waals surface area contributed by atoms with Crippen LogP contribution >= 0.6 is 0 Å². The van der Waals surface area contributed by atoms with E-state index in [9.17, 15) is 4.79 Å². The summed E-state index contributed by atoms with van der Waals surface area (Å²) < 4.78 is 15.6. The first-order valence-corrected chi connectivity index (χ1v) is 6.32. The summed E-state index contributed by atoms with van der Waals surface area (Å²) in [6.45, 7) is 1.71. The highest BCUT2D eigenvalue weighted by molar-refractivity contribution is 5.81. The van der Waals surface area contributed by atoms with Gasteiger partial charge in [-0.3, -0.25) is 4.79 Å². The average molecular weight is 288 g/mol. The number of ether oxygens (including phenoxy) is 2. The monoisotopic (exact) mass is 288 g/mol. The highest BCUT2D eigenvalue weighted by Gasteiger charge is 2.02. The Morgan fingerprint density at radius 3 is 2.57 bits per heavy atom. The van der Waals surface area contributed by atoms with Crippen LogP contribution in [0.3, 0.4) is 0 Å². The summed E-state index contributed by atoms with van der Waals surface area (Å²) in [5.41, 5.74) is 2.35. The molecule has 0 saturated heterocycles. The molecule has 1 aromatic carbocycles. The van der Waals surface area contributed by atoms with Crippen molar-refractivity contribution in [3.8, 4) is 11.5 Å². The minimum Gasteiger partial charge on any atom is -0.497 e. The van der Waals surface area contributed by atoms with Gasteiger partial charge in [0, 0.05) is 0 Å². The molecule has 21 heavy (non-hydrogen) atoms. The molecular weight excluding hydrogens is 272 g/mol. The van der Waals surface area contributed by atoms with E-state index in [1.807, 2.05) is 13.0 Å². The summed E-state index contributed by atoms with van der Waals surface area (Å²) >= 11 is 0. The van der Waals surface area contributed by atoms with E-state index in [1.54, 1.807) is 37.4 Å². The van der Waals surface area contributed by atoms with Crippen LogP contribution in [0.1, 0.15) is 11.5 Å². The van der Waals surface area contributed by atoms with Gasteiger partial charge < -0.3 is 13.9 Å². The SMILES string of the molecule is COc1ccc(OCC(=O)N/N=C/c2ccc(C)o2)cc1. The number of rotatable bonds is 6. The zero-order chi connectivity index (χ0) is 15.1. The van der Waals surface area contributed by atoms with Crippen LogP contribution < -0.4 is 14.9 Å². The maximum atomic E-state index is 11.5. The average Bonchev–Trinajstić information content (AvgIpc) is 2.91. The van der Waals surface area contributed by atoms with Crippen LogP contribution in [0.4, 0.5) is 0 Å². The van der Waals surface area contributed by atoms with Crippen LogP contribution in [-0.4, -0.2) is 25.8 Å². The molecule has 1 amide bonds. The van der Waals surface area contributed by atoms with E-state index in [2.05, 4.69) is 10.5 Å². The predicted octanol–water partition coefficient (Wildman–Crippen LogP) is 2.13. The molecule has 0 saturated carbocycles. The van der Waals surface area contributed by atoms with Gasteiger partial charge in [0.05, 0.1) is 13.3 Å². The van der Waals surface area contributed by atoms with Gasteiger partial charge in [0.25, 0.3) is 5.91 Å². The molecule has 1 aromatic heterocycles. The van der Waals surface area contributed by atoms with Crippen molar-refractivity contribution in [3.05, 3.63) is 47.9 Å². The lowest BCUT2D eigenvalue weighted by molar-refractivity contribution is -0.123. The zero-order valence-electron chi connectivity index (χ0n) is 11.8. The molecule has 0 bridgehead atoms. The Morgan fingerprint density at radius 1 is 1.24 bits per heavy atom. The number of methoxy groups -OCH3 is 1. The molecule has 2 rings (SSSR count). The standard InChI is InChI=1S/C15H16N2O4/c1-11-3-4-14(21-11)9-16-17-15(18)10-20-13-7-5-12(19-2)6-8-13/h3-9H,10H2,1-2H3,(H,17,18)/b16-9+. The van der Waals surface area contributed by atoms with E-state index in [4.69, 9.17) is 13.9 Å². The van der Waals surface area contributed by atoms with Gasteiger partial charge in [0.2, 0.25) is 0 Å². The zero-order valence-corrected chi connectivity index (χ0v) is 11.8. The smallest absolute Gasteiger partial charge is 0.277 e. The highest BCUT2D eigenvalue weighted by atomic mass is 16.5. The number of nitrogens with zero attached hydrogens (tertiary/aromatic N) is 1. The molecule has 2 aromatic rings. The third-order valence-corrected chi connectivity index (χ3v) is 2.57. The molecule has 0 atom stereocenters. The van der Waals surface area contributed by atoms with Gasteiger partial charge in [0.1, 0.15) is 23.0 Å². The number of aryl methyl sites for hydroxylation is 1. The number of carbonyl (C=O) groups is 1. The molecule has 0 aliphatic carbocycles.